The van der Waals surface area contributed by atoms with Crippen LogP contribution < -0.4 is 15.0 Å². The van der Waals surface area contributed by atoms with Gasteiger partial charge >= 0.3 is 0 Å². The van der Waals surface area contributed by atoms with E-state index in [2.05, 4.69) is 4.72 Å². The van der Waals surface area contributed by atoms with Crippen LogP contribution in [0.2, 0.25) is 0 Å². The Kier molecular flexibility index (Phi) is 7.01. The van der Waals surface area contributed by atoms with Gasteiger partial charge in [-0.1, -0.05) is 6.07 Å². The highest BCUT2D eigenvalue weighted by Gasteiger charge is 2.18. The van der Waals surface area contributed by atoms with Crippen molar-refractivity contribution >= 4 is 11.3 Å². The van der Waals surface area contributed by atoms with Crippen molar-refractivity contribution in [3.05, 3.63) is 94.6 Å². The van der Waals surface area contributed by atoms with Gasteiger partial charge < -0.3 is 13.7 Å². The quantitative estimate of drug-likeness (QED) is 0.354. The van der Waals surface area contributed by atoms with Crippen molar-refractivity contribution in [1.29, 1.82) is 0 Å². The Morgan fingerprint density at radius 1 is 1.06 bits per heavy atom. The monoisotopic (exact) mass is 486 g/mol. The minimum absolute atomic E-state index is 0.169. The van der Waals surface area contributed by atoms with Gasteiger partial charge in [-0.2, -0.15) is 0 Å². The highest BCUT2D eigenvalue weighted by Crippen LogP contribution is 2.39. The maximum atomic E-state index is 14.3. The number of furan rings is 1. The number of ether oxygens (including phenoxy) is 1. The fourth-order valence-electron chi connectivity index (χ4n) is 3.47. The topological polar surface area (TPSA) is 93.7 Å². The van der Waals surface area contributed by atoms with Crippen molar-refractivity contribution in [3.8, 4) is 33.9 Å². The van der Waals surface area contributed by atoms with E-state index in [0.717, 1.165) is 17.7 Å². The molecule has 2 N–H and O–H groups in total. The molecule has 0 fully saturated rings. The summed E-state index contributed by atoms with van der Waals surface area (Å²) < 4.78 is 62.7. The summed E-state index contributed by atoms with van der Waals surface area (Å²) >= 11 is -2.14. The largest absolute Gasteiger partial charge is 0.464 e. The smallest absolute Gasteiger partial charge is 0.251 e. The molecule has 1 unspecified atom stereocenters. The van der Waals surface area contributed by atoms with Gasteiger partial charge in [0.05, 0.1) is 6.26 Å². The first kappa shape index (κ1) is 23.6. The van der Waals surface area contributed by atoms with Crippen LogP contribution in [0.5, 0.6) is 11.5 Å². The van der Waals surface area contributed by atoms with Crippen molar-refractivity contribution in [1.82, 2.24) is 9.29 Å². The SMILES string of the molecule is Cn1cc(-c2cc(CCNS(=O)O)ccc2Oc2ccc(F)cc2F)c(-c2ccco2)cc1=O. The average molecular weight is 486 g/mol. The second-order valence-corrected chi connectivity index (χ2v) is 8.22. The van der Waals surface area contributed by atoms with Crippen LogP contribution in [0.15, 0.2) is 76.3 Å². The van der Waals surface area contributed by atoms with E-state index >= 15 is 0 Å². The van der Waals surface area contributed by atoms with Crippen LogP contribution in [0.3, 0.4) is 0 Å². The summed E-state index contributed by atoms with van der Waals surface area (Å²) in [5, 5.41) is 0. The Morgan fingerprint density at radius 2 is 1.85 bits per heavy atom. The van der Waals surface area contributed by atoms with Crippen LogP contribution in [-0.2, 0) is 24.7 Å². The number of nitrogens with one attached hydrogen (secondary N) is 1. The summed E-state index contributed by atoms with van der Waals surface area (Å²) in [6, 6.07) is 13.0. The molecule has 0 aliphatic heterocycles. The normalized spacial score (nSPS) is 12.0. The Balaban J connectivity index is 1.85. The first-order valence-electron chi connectivity index (χ1n) is 10.2. The predicted octanol–water partition coefficient (Wildman–Crippen LogP) is 4.65. The third kappa shape index (κ3) is 5.30. The molecule has 34 heavy (non-hydrogen) atoms. The van der Waals surface area contributed by atoms with Gasteiger partial charge in [0.15, 0.2) is 11.6 Å². The van der Waals surface area contributed by atoms with Crippen LogP contribution in [0.4, 0.5) is 8.78 Å². The van der Waals surface area contributed by atoms with E-state index in [1.165, 1.54) is 23.0 Å². The lowest BCUT2D eigenvalue weighted by molar-refractivity contribution is 0.439. The Morgan fingerprint density at radius 3 is 2.56 bits per heavy atom. The van der Waals surface area contributed by atoms with Gasteiger partial charge in [0.2, 0.25) is 11.3 Å². The Labute approximate surface area is 196 Å². The van der Waals surface area contributed by atoms with Gasteiger partial charge in [-0.25, -0.2) is 17.7 Å². The summed E-state index contributed by atoms with van der Waals surface area (Å²) in [7, 11) is 1.60. The third-order valence-corrected chi connectivity index (χ3v) is 5.55. The maximum absolute atomic E-state index is 14.3. The number of rotatable bonds is 8. The molecule has 0 saturated carbocycles. The van der Waals surface area contributed by atoms with Gasteiger partial charge in [-0.05, 0) is 48.4 Å². The van der Waals surface area contributed by atoms with Crippen molar-refractivity contribution in [3.63, 3.8) is 0 Å². The van der Waals surface area contributed by atoms with E-state index in [9.17, 15) is 17.8 Å². The molecule has 0 amide bonds. The molecular formula is C24H20F2N2O5S. The summed E-state index contributed by atoms with van der Waals surface area (Å²) in [5.74, 6) is -1.05. The van der Waals surface area contributed by atoms with E-state index in [1.807, 2.05) is 0 Å². The minimum Gasteiger partial charge on any atom is -0.464 e. The molecule has 1 atom stereocenters. The maximum Gasteiger partial charge on any atom is 0.251 e. The molecule has 4 rings (SSSR count). The summed E-state index contributed by atoms with van der Waals surface area (Å²) in [6.07, 6.45) is 3.51. The van der Waals surface area contributed by atoms with Crippen molar-refractivity contribution in [2.45, 2.75) is 6.42 Å². The minimum atomic E-state index is -2.14. The fraction of sp³-hybridized carbons (Fsp3) is 0.125. The molecule has 2 aromatic carbocycles. The average Bonchev–Trinajstić information content (AvgIpc) is 3.32. The van der Waals surface area contributed by atoms with Crippen LogP contribution >= 0.6 is 0 Å². The number of hydrogen-bond donors (Lipinski definition) is 2. The molecule has 0 bridgehead atoms. The lowest BCUT2D eigenvalue weighted by Gasteiger charge is -2.17. The van der Waals surface area contributed by atoms with Gasteiger partial charge in [-0.3, -0.25) is 9.35 Å². The summed E-state index contributed by atoms with van der Waals surface area (Å²) in [5.41, 5.74) is 2.14. The first-order chi connectivity index (χ1) is 16.3. The molecule has 0 aliphatic rings. The van der Waals surface area contributed by atoms with Crippen LogP contribution in [0.25, 0.3) is 22.5 Å². The Hall–Kier alpha value is -3.60. The van der Waals surface area contributed by atoms with E-state index in [-0.39, 0.29) is 23.6 Å². The molecule has 10 heteroatoms. The Bertz CT molecular complexity index is 1400. The second kappa shape index (κ2) is 10.1. The van der Waals surface area contributed by atoms with Crippen molar-refractivity contribution in [2.24, 2.45) is 7.05 Å². The lowest BCUT2D eigenvalue weighted by atomic mass is 9.96. The zero-order valence-corrected chi connectivity index (χ0v) is 18.8. The first-order valence-corrected chi connectivity index (χ1v) is 11.3. The van der Waals surface area contributed by atoms with Crippen molar-refractivity contribution < 1.29 is 26.7 Å². The molecular weight excluding hydrogens is 466 g/mol. The third-order valence-electron chi connectivity index (χ3n) is 5.10. The molecule has 0 aliphatic carbocycles. The number of benzene rings is 2. The standard InChI is InChI=1S/C24H20F2N2O5S/c1-28-14-19(18(13-24(28)29)21-3-2-10-32-21)17-11-15(8-9-27-34(30)31)4-6-22(17)33-23-7-5-16(25)12-20(23)26/h2-7,10-14,27H,8-9H2,1H3,(H,30,31). The van der Waals surface area contributed by atoms with Crippen LogP contribution in [0.1, 0.15) is 5.56 Å². The number of hydrogen-bond acceptors (Lipinski definition) is 4. The molecule has 0 radical (unpaired) electrons. The highest BCUT2D eigenvalue weighted by atomic mass is 32.2. The molecule has 4 aromatic rings. The second-order valence-electron chi connectivity index (χ2n) is 7.43. The molecule has 0 saturated heterocycles. The number of nitrogens with zero attached hydrogens (tertiary/aromatic N) is 1. The highest BCUT2D eigenvalue weighted by molar-refractivity contribution is 7.77. The van der Waals surface area contributed by atoms with E-state index in [4.69, 9.17) is 13.7 Å². The van der Waals surface area contributed by atoms with Crippen molar-refractivity contribution in [2.75, 3.05) is 6.54 Å². The fourth-order valence-corrected chi connectivity index (χ4v) is 3.75. The van der Waals surface area contributed by atoms with Gasteiger partial charge in [0.1, 0.15) is 17.3 Å². The molecule has 7 nitrogen and oxygen atoms in total. The van der Waals surface area contributed by atoms with Crippen LogP contribution in [0, 0.1) is 11.6 Å². The summed E-state index contributed by atoms with van der Waals surface area (Å²) in [4.78, 5) is 12.4. The van der Waals surface area contributed by atoms with E-state index < -0.39 is 22.9 Å². The van der Waals surface area contributed by atoms with E-state index in [1.54, 1.807) is 43.6 Å². The molecule has 2 aromatic heterocycles. The zero-order valence-electron chi connectivity index (χ0n) is 18.0. The number of halogens is 2. The number of pyridine rings is 1. The number of aryl methyl sites for hydroxylation is 1. The zero-order chi connectivity index (χ0) is 24.2. The van der Waals surface area contributed by atoms with Gasteiger partial charge in [0, 0.05) is 48.6 Å². The molecule has 0 spiro atoms. The van der Waals surface area contributed by atoms with Gasteiger partial charge in [-0.15, -0.1) is 0 Å². The van der Waals surface area contributed by atoms with Crippen LogP contribution in [-0.4, -0.2) is 19.9 Å². The molecule has 176 valence electrons. The number of aromatic nitrogens is 1. The predicted molar refractivity (Wildman–Crippen MR) is 124 cm³/mol. The van der Waals surface area contributed by atoms with Gasteiger partial charge in [0.25, 0.3) is 5.56 Å². The summed E-state index contributed by atoms with van der Waals surface area (Å²) in [6.45, 7) is 0.230. The lowest BCUT2D eigenvalue weighted by Crippen LogP contribution is -2.19. The van der Waals surface area contributed by atoms with E-state index in [0.29, 0.717) is 28.9 Å². The molecule has 2 heterocycles.